The van der Waals surface area contributed by atoms with Gasteiger partial charge in [0.1, 0.15) is 6.54 Å². The fourth-order valence-corrected chi connectivity index (χ4v) is 2.34. The molecule has 0 saturated carbocycles. The van der Waals surface area contributed by atoms with Gasteiger partial charge in [0.2, 0.25) is 0 Å². The maximum absolute atomic E-state index is 12.1. The first kappa shape index (κ1) is 16.8. The first-order chi connectivity index (χ1) is 9.35. The average Bonchev–Trinajstić information content (AvgIpc) is 2.34. The maximum Gasteiger partial charge on any atom is 0.323 e. The van der Waals surface area contributed by atoms with Crippen LogP contribution < -0.4 is 5.32 Å². The molecule has 110 valence electrons. The monoisotopic (exact) mass is 362 g/mol. The van der Waals surface area contributed by atoms with Crippen molar-refractivity contribution < 1.29 is 14.7 Å². The number of hydrogen-bond donors (Lipinski definition) is 2. The Hall–Kier alpha value is -1.27. The normalized spacial score (nSPS) is 10.2. The Morgan fingerprint density at radius 1 is 1.45 bits per heavy atom. The quantitative estimate of drug-likeness (QED) is 0.837. The van der Waals surface area contributed by atoms with Gasteiger partial charge in [0.05, 0.1) is 5.69 Å². The van der Waals surface area contributed by atoms with Crippen LogP contribution in [0.1, 0.15) is 18.9 Å². The molecule has 0 saturated heterocycles. The summed E-state index contributed by atoms with van der Waals surface area (Å²) < 4.78 is 0.694. The molecule has 0 bridgehead atoms. The summed E-state index contributed by atoms with van der Waals surface area (Å²) >= 11 is 9.35. The molecule has 0 radical (unpaired) electrons. The number of urea groups is 1. The highest BCUT2D eigenvalue weighted by molar-refractivity contribution is 9.10. The molecule has 5 nitrogen and oxygen atoms in total. The molecule has 0 aliphatic carbocycles. The van der Waals surface area contributed by atoms with E-state index < -0.39 is 12.0 Å². The number of nitrogens with one attached hydrogen (secondary N) is 1. The summed E-state index contributed by atoms with van der Waals surface area (Å²) in [6.07, 6.45) is 0.677. The van der Waals surface area contributed by atoms with E-state index in [0.29, 0.717) is 28.1 Å². The van der Waals surface area contributed by atoms with E-state index in [4.69, 9.17) is 16.7 Å². The van der Waals surface area contributed by atoms with E-state index in [1.165, 1.54) is 4.90 Å². The maximum atomic E-state index is 12.1. The minimum Gasteiger partial charge on any atom is -0.480 e. The van der Waals surface area contributed by atoms with Gasteiger partial charge >= 0.3 is 12.0 Å². The smallest absolute Gasteiger partial charge is 0.323 e. The predicted molar refractivity (Wildman–Crippen MR) is 82.4 cm³/mol. The second-order valence-electron chi connectivity index (χ2n) is 4.33. The van der Waals surface area contributed by atoms with Crippen molar-refractivity contribution in [3.8, 4) is 0 Å². The van der Waals surface area contributed by atoms with Crippen molar-refractivity contribution in [2.24, 2.45) is 0 Å². The lowest BCUT2D eigenvalue weighted by Crippen LogP contribution is -2.39. The molecule has 0 unspecified atom stereocenters. The molecule has 1 rings (SSSR count). The standard InChI is InChI=1S/C13H16BrClN2O3/c1-3-4-17(7-12(18)19)13(20)16-11-6-10(15)8(2)5-9(11)14/h5-6H,3-4,7H2,1-2H3,(H,16,20)(H,18,19). The number of carbonyl (C=O) groups is 2. The average molecular weight is 364 g/mol. The Balaban J connectivity index is 2.87. The molecule has 2 N–H and O–H groups in total. The predicted octanol–water partition coefficient (Wildman–Crippen LogP) is 3.74. The van der Waals surface area contributed by atoms with Crippen LogP contribution in [0.15, 0.2) is 16.6 Å². The van der Waals surface area contributed by atoms with E-state index in [2.05, 4.69) is 21.2 Å². The number of anilines is 1. The van der Waals surface area contributed by atoms with Crippen LogP contribution in [-0.4, -0.2) is 35.1 Å². The number of aliphatic carboxylic acids is 1. The summed E-state index contributed by atoms with van der Waals surface area (Å²) in [6, 6.07) is 2.96. The molecule has 0 aromatic heterocycles. The summed E-state index contributed by atoms with van der Waals surface area (Å²) in [5.41, 5.74) is 1.39. The van der Waals surface area contributed by atoms with Crippen molar-refractivity contribution in [3.63, 3.8) is 0 Å². The molecule has 1 aromatic carbocycles. The van der Waals surface area contributed by atoms with Gasteiger partial charge < -0.3 is 15.3 Å². The van der Waals surface area contributed by atoms with Crippen molar-refractivity contribution in [2.75, 3.05) is 18.4 Å². The first-order valence-corrected chi connectivity index (χ1v) is 7.25. The van der Waals surface area contributed by atoms with Crippen molar-refractivity contribution in [2.45, 2.75) is 20.3 Å². The van der Waals surface area contributed by atoms with Gasteiger partial charge in [0.25, 0.3) is 0 Å². The second kappa shape index (κ2) is 7.50. The molecular weight excluding hydrogens is 348 g/mol. The van der Waals surface area contributed by atoms with E-state index in [-0.39, 0.29) is 6.54 Å². The molecule has 0 aliphatic heterocycles. The van der Waals surface area contributed by atoms with Gasteiger partial charge in [-0.25, -0.2) is 4.79 Å². The van der Waals surface area contributed by atoms with Crippen molar-refractivity contribution in [1.82, 2.24) is 4.90 Å². The molecule has 2 amide bonds. The van der Waals surface area contributed by atoms with Gasteiger partial charge in [0, 0.05) is 16.0 Å². The molecule has 0 aliphatic rings. The molecule has 0 fully saturated rings. The number of hydrogen-bond acceptors (Lipinski definition) is 2. The molecule has 20 heavy (non-hydrogen) atoms. The third-order valence-corrected chi connectivity index (χ3v) is 3.66. The number of carbonyl (C=O) groups excluding carboxylic acids is 1. The summed E-state index contributed by atoms with van der Waals surface area (Å²) in [5.74, 6) is -1.05. The molecule has 0 atom stereocenters. The van der Waals surface area contributed by atoms with Crippen LogP contribution in [0.25, 0.3) is 0 Å². The number of halogens is 2. The highest BCUT2D eigenvalue weighted by atomic mass is 79.9. The molecule has 1 aromatic rings. The summed E-state index contributed by atoms with van der Waals surface area (Å²) in [6.45, 7) is 3.76. The van der Waals surface area contributed by atoms with Crippen LogP contribution in [0.3, 0.4) is 0 Å². The van der Waals surface area contributed by atoms with Gasteiger partial charge in [-0.15, -0.1) is 0 Å². The lowest BCUT2D eigenvalue weighted by Gasteiger charge is -2.21. The number of carboxylic acid groups (broad SMARTS) is 1. The van der Waals surface area contributed by atoms with E-state index in [0.717, 1.165) is 5.56 Å². The molecule has 7 heteroatoms. The fourth-order valence-electron chi connectivity index (χ4n) is 1.62. The highest BCUT2D eigenvalue weighted by Crippen LogP contribution is 2.29. The number of aryl methyl sites for hydroxylation is 1. The van der Waals surface area contributed by atoms with Crippen molar-refractivity contribution in [1.29, 1.82) is 0 Å². The Kier molecular flexibility index (Phi) is 6.29. The van der Waals surface area contributed by atoms with Gasteiger partial charge in [-0.1, -0.05) is 18.5 Å². The Morgan fingerprint density at radius 3 is 2.65 bits per heavy atom. The van der Waals surface area contributed by atoms with Gasteiger partial charge in [0.15, 0.2) is 0 Å². The van der Waals surface area contributed by atoms with Crippen LogP contribution in [-0.2, 0) is 4.79 Å². The van der Waals surface area contributed by atoms with Gasteiger partial charge in [-0.05, 0) is 47.0 Å². The van der Waals surface area contributed by atoms with E-state index in [9.17, 15) is 9.59 Å². The fraction of sp³-hybridized carbons (Fsp3) is 0.385. The molecular formula is C13H16BrClN2O3. The first-order valence-electron chi connectivity index (χ1n) is 6.08. The van der Waals surface area contributed by atoms with Crippen LogP contribution >= 0.6 is 27.5 Å². The van der Waals surface area contributed by atoms with Crippen molar-refractivity contribution in [3.05, 3.63) is 27.2 Å². The SMILES string of the molecule is CCCN(CC(=O)O)C(=O)Nc1cc(Cl)c(C)cc1Br. The number of nitrogens with zero attached hydrogens (tertiary/aromatic N) is 1. The van der Waals surface area contributed by atoms with E-state index >= 15 is 0 Å². The van der Waals surface area contributed by atoms with E-state index in [1.807, 2.05) is 13.8 Å². The molecule has 0 spiro atoms. The number of benzene rings is 1. The van der Waals surface area contributed by atoms with Gasteiger partial charge in [-0.2, -0.15) is 0 Å². The lowest BCUT2D eigenvalue weighted by atomic mass is 10.2. The Bertz CT molecular complexity index is 523. The zero-order chi connectivity index (χ0) is 15.3. The van der Waals surface area contributed by atoms with Crippen LogP contribution in [0.2, 0.25) is 5.02 Å². The van der Waals surface area contributed by atoms with Crippen LogP contribution in [0.5, 0.6) is 0 Å². The van der Waals surface area contributed by atoms with Crippen LogP contribution in [0.4, 0.5) is 10.5 Å². The zero-order valence-corrected chi connectivity index (χ0v) is 13.6. The van der Waals surface area contributed by atoms with Crippen LogP contribution in [0, 0.1) is 6.92 Å². The van der Waals surface area contributed by atoms with Crippen molar-refractivity contribution >= 4 is 45.2 Å². The van der Waals surface area contributed by atoms with E-state index in [1.54, 1.807) is 12.1 Å². The summed E-state index contributed by atoms with van der Waals surface area (Å²) in [7, 11) is 0. The Morgan fingerprint density at radius 2 is 2.10 bits per heavy atom. The minimum atomic E-state index is -1.05. The summed E-state index contributed by atoms with van der Waals surface area (Å²) in [4.78, 5) is 24.1. The Labute approximate surface area is 131 Å². The minimum absolute atomic E-state index is 0.336. The highest BCUT2D eigenvalue weighted by Gasteiger charge is 2.17. The second-order valence-corrected chi connectivity index (χ2v) is 5.59. The third kappa shape index (κ3) is 4.68. The number of amides is 2. The molecule has 0 heterocycles. The lowest BCUT2D eigenvalue weighted by molar-refractivity contribution is -0.137. The zero-order valence-electron chi connectivity index (χ0n) is 11.2. The number of carboxylic acids is 1. The summed E-state index contributed by atoms with van der Waals surface area (Å²) in [5, 5.41) is 12.0. The van der Waals surface area contributed by atoms with Gasteiger partial charge in [-0.3, -0.25) is 4.79 Å². The largest absolute Gasteiger partial charge is 0.480 e. The number of rotatable bonds is 5. The topological polar surface area (TPSA) is 69.6 Å². The third-order valence-electron chi connectivity index (χ3n) is 2.60.